The highest BCUT2D eigenvalue weighted by atomic mass is 35.5. The molecule has 0 radical (unpaired) electrons. The minimum Gasteiger partial charge on any atom is -0.487 e. The van der Waals surface area contributed by atoms with Crippen molar-refractivity contribution in [2.75, 3.05) is 6.54 Å². The third-order valence-electron chi connectivity index (χ3n) is 3.21. The Bertz CT molecular complexity index is 626. The summed E-state index contributed by atoms with van der Waals surface area (Å²) in [7, 11) is 1.86. The summed E-state index contributed by atoms with van der Waals surface area (Å²) in [5.41, 5.74) is 2.69. The van der Waals surface area contributed by atoms with Crippen LogP contribution in [0.15, 0.2) is 18.2 Å². The van der Waals surface area contributed by atoms with E-state index in [1.807, 2.05) is 32.2 Å². The van der Waals surface area contributed by atoms with Gasteiger partial charge in [-0.1, -0.05) is 30.1 Å². The summed E-state index contributed by atoms with van der Waals surface area (Å²) in [6.07, 6.45) is 0. The van der Waals surface area contributed by atoms with Crippen molar-refractivity contribution < 1.29 is 4.74 Å². The molecule has 2 rings (SSSR count). The molecular weight excluding hydrogens is 309 g/mol. The van der Waals surface area contributed by atoms with Crippen LogP contribution in [-0.4, -0.2) is 16.3 Å². The summed E-state index contributed by atoms with van der Waals surface area (Å²) in [4.78, 5) is 0. The van der Waals surface area contributed by atoms with E-state index < -0.39 is 0 Å². The van der Waals surface area contributed by atoms with Gasteiger partial charge in [-0.25, -0.2) is 0 Å². The van der Waals surface area contributed by atoms with Crippen LogP contribution in [0.3, 0.4) is 0 Å². The van der Waals surface area contributed by atoms with Gasteiger partial charge in [0.25, 0.3) is 0 Å². The van der Waals surface area contributed by atoms with Gasteiger partial charge < -0.3 is 10.1 Å². The highest BCUT2D eigenvalue weighted by molar-refractivity contribution is 6.31. The van der Waals surface area contributed by atoms with Crippen LogP contribution in [-0.2, 0) is 20.2 Å². The second-order valence-electron chi connectivity index (χ2n) is 4.79. The molecule has 1 heterocycles. The van der Waals surface area contributed by atoms with Crippen LogP contribution in [0.4, 0.5) is 0 Å². The molecule has 0 unspecified atom stereocenters. The minimum absolute atomic E-state index is 0.372. The molecule has 4 nitrogen and oxygen atoms in total. The van der Waals surface area contributed by atoms with Crippen molar-refractivity contribution in [2.24, 2.45) is 7.05 Å². The second kappa shape index (κ2) is 7.16. The zero-order valence-electron chi connectivity index (χ0n) is 12.4. The molecule has 0 saturated heterocycles. The van der Waals surface area contributed by atoms with E-state index >= 15 is 0 Å². The largest absolute Gasteiger partial charge is 0.487 e. The van der Waals surface area contributed by atoms with Crippen LogP contribution in [0.1, 0.15) is 23.9 Å². The van der Waals surface area contributed by atoms with Crippen LogP contribution >= 0.6 is 23.2 Å². The molecule has 0 amide bonds. The Morgan fingerprint density at radius 3 is 2.71 bits per heavy atom. The molecule has 0 bridgehead atoms. The fourth-order valence-corrected chi connectivity index (χ4v) is 2.48. The standard InChI is InChI=1S/C15H19Cl2N3O/c1-4-18-8-11-7-12(16)5-6-14(11)21-9-13-15(17)10(2)19-20(13)3/h5-7,18H,4,8-9H2,1-3H3. The van der Waals surface area contributed by atoms with Gasteiger partial charge in [0.1, 0.15) is 12.4 Å². The van der Waals surface area contributed by atoms with E-state index in [-0.39, 0.29) is 0 Å². The fourth-order valence-electron chi connectivity index (χ4n) is 2.07. The maximum Gasteiger partial charge on any atom is 0.131 e. The van der Waals surface area contributed by atoms with Gasteiger partial charge in [0.15, 0.2) is 0 Å². The van der Waals surface area contributed by atoms with Crippen LogP contribution in [0.25, 0.3) is 0 Å². The third-order valence-corrected chi connectivity index (χ3v) is 3.94. The van der Waals surface area contributed by atoms with Gasteiger partial charge in [0.2, 0.25) is 0 Å². The molecule has 1 aromatic carbocycles. The van der Waals surface area contributed by atoms with Crippen molar-refractivity contribution in [1.82, 2.24) is 15.1 Å². The zero-order valence-corrected chi connectivity index (χ0v) is 13.9. The van der Waals surface area contributed by atoms with Crippen molar-refractivity contribution in [2.45, 2.75) is 27.0 Å². The second-order valence-corrected chi connectivity index (χ2v) is 5.61. The number of hydrogen-bond acceptors (Lipinski definition) is 3. The summed E-state index contributed by atoms with van der Waals surface area (Å²) in [5, 5.41) is 8.91. The molecule has 0 aliphatic rings. The Balaban J connectivity index is 2.15. The highest BCUT2D eigenvalue weighted by Crippen LogP contribution is 2.26. The van der Waals surface area contributed by atoms with Gasteiger partial charge in [-0.3, -0.25) is 4.68 Å². The van der Waals surface area contributed by atoms with Crippen molar-refractivity contribution in [3.8, 4) is 5.75 Å². The van der Waals surface area contributed by atoms with E-state index in [0.717, 1.165) is 29.2 Å². The Hall–Kier alpha value is -1.23. The average molecular weight is 328 g/mol. The van der Waals surface area contributed by atoms with E-state index in [9.17, 15) is 0 Å². The average Bonchev–Trinajstić information content (AvgIpc) is 2.69. The number of hydrogen-bond donors (Lipinski definition) is 1. The molecule has 114 valence electrons. The molecule has 1 N–H and O–H groups in total. The molecule has 0 fully saturated rings. The minimum atomic E-state index is 0.372. The number of nitrogens with one attached hydrogen (secondary N) is 1. The quantitative estimate of drug-likeness (QED) is 0.878. The number of ether oxygens (including phenoxy) is 1. The molecule has 1 aromatic heterocycles. The number of aryl methyl sites for hydroxylation is 2. The van der Waals surface area contributed by atoms with Crippen molar-refractivity contribution in [3.05, 3.63) is 45.2 Å². The molecule has 0 spiro atoms. The molecule has 6 heteroatoms. The fraction of sp³-hybridized carbons (Fsp3) is 0.400. The maximum atomic E-state index is 6.23. The maximum absolute atomic E-state index is 6.23. The Kier molecular flexibility index (Phi) is 5.51. The van der Waals surface area contributed by atoms with Crippen LogP contribution in [0, 0.1) is 6.92 Å². The summed E-state index contributed by atoms with van der Waals surface area (Å²) in [6, 6.07) is 5.62. The summed E-state index contributed by atoms with van der Waals surface area (Å²) < 4.78 is 7.65. The van der Waals surface area contributed by atoms with Gasteiger partial charge in [0, 0.05) is 24.2 Å². The topological polar surface area (TPSA) is 39.1 Å². The van der Waals surface area contributed by atoms with Gasteiger partial charge >= 0.3 is 0 Å². The lowest BCUT2D eigenvalue weighted by molar-refractivity contribution is 0.291. The smallest absolute Gasteiger partial charge is 0.131 e. The van der Waals surface area contributed by atoms with Crippen molar-refractivity contribution >= 4 is 23.2 Å². The first-order valence-electron chi connectivity index (χ1n) is 6.82. The Labute approximate surface area is 135 Å². The van der Waals surface area contributed by atoms with E-state index in [1.54, 1.807) is 4.68 Å². The monoisotopic (exact) mass is 327 g/mol. The number of rotatable bonds is 6. The molecule has 0 saturated carbocycles. The summed E-state index contributed by atoms with van der Waals surface area (Å²) in [6.45, 7) is 5.91. The first kappa shape index (κ1) is 16.1. The van der Waals surface area contributed by atoms with E-state index in [2.05, 4.69) is 17.3 Å². The summed E-state index contributed by atoms with van der Waals surface area (Å²) in [5.74, 6) is 0.801. The van der Waals surface area contributed by atoms with Crippen molar-refractivity contribution in [1.29, 1.82) is 0 Å². The predicted octanol–water partition coefficient (Wildman–Crippen LogP) is 3.72. The predicted molar refractivity (Wildman–Crippen MR) is 86.1 cm³/mol. The van der Waals surface area contributed by atoms with Crippen molar-refractivity contribution in [3.63, 3.8) is 0 Å². The van der Waals surface area contributed by atoms with Gasteiger partial charge in [-0.2, -0.15) is 5.10 Å². The molecule has 2 aromatic rings. The normalized spacial score (nSPS) is 10.9. The number of halogens is 2. The first-order valence-corrected chi connectivity index (χ1v) is 7.58. The van der Waals surface area contributed by atoms with Crippen LogP contribution in [0.2, 0.25) is 10.0 Å². The third kappa shape index (κ3) is 3.90. The lowest BCUT2D eigenvalue weighted by Gasteiger charge is -2.12. The van der Waals surface area contributed by atoms with Gasteiger partial charge in [0.05, 0.1) is 16.4 Å². The van der Waals surface area contributed by atoms with E-state index in [4.69, 9.17) is 27.9 Å². The Morgan fingerprint density at radius 2 is 2.10 bits per heavy atom. The van der Waals surface area contributed by atoms with Gasteiger partial charge in [-0.05, 0) is 31.7 Å². The lowest BCUT2D eigenvalue weighted by Crippen LogP contribution is -2.13. The molecule has 21 heavy (non-hydrogen) atoms. The number of aromatic nitrogens is 2. The van der Waals surface area contributed by atoms with E-state index in [1.165, 1.54) is 0 Å². The first-order chi connectivity index (χ1) is 10.0. The number of nitrogens with zero attached hydrogens (tertiary/aromatic N) is 2. The Morgan fingerprint density at radius 1 is 1.33 bits per heavy atom. The number of benzene rings is 1. The highest BCUT2D eigenvalue weighted by Gasteiger charge is 2.13. The SMILES string of the molecule is CCNCc1cc(Cl)ccc1OCc1c(Cl)c(C)nn1C. The van der Waals surface area contributed by atoms with Gasteiger partial charge in [-0.15, -0.1) is 0 Å². The molecular formula is C15H19Cl2N3O. The molecule has 0 aliphatic carbocycles. The zero-order chi connectivity index (χ0) is 15.4. The summed E-state index contributed by atoms with van der Waals surface area (Å²) >= 11 is 12.3. The molecule has 0 aliphatic heterocycles. The van der Waals surface area contributed by atoms with E-state index in [0.29, 0.717) is 23.2 Å². The van der Waals surface area contributed by atoms with Crippen LogP contribution < -0.4 is 10.1 Å². The van der Waals surface area contributed by atoms with Crippen LogP contribution in [0.5, 0.6) is 5.75 Å². The molecule has 0 atom stereocenters. The lowest BCUT2D eigenvalue weighted by atomic mass is 10.2.